The molecule has 2 N–H and O–H groups in total. The van der Waals surface area contributed by atoms with Crippen LogP contribution in [0, 0.1) is 0 Å². The molecule has 1 aromatic heterocycles. The van der Waals surface area contributed by atoms with Crippen LogP contribution >= 0.6 is 35.6 Å². The van der Waals surface area contributed by atoms with Gasteiger partial charge >= 0.3 is 0 Å². The fraction of sp³-hybridized carbons (Fsp3) is 0.450. The first-order valence-corrected chi connectivity index (χ1v) is 9.83. The Kier molecular flexibility index (Phi) is 9.38. The molecule has 3 rings (SSSR count). The zero-order valence-corrected chi connectivity index (χ0v) is 19.9. The second-order valence-corrected chi connectivity index (χ2v) is 7.54. The number of likely N-dealkylation sites (tertiary alicyclic amines) is 1. The Morgan fingerprint density at radius 3 is 2.79 bits per heavy atom. The fourth-order valence-corrected chi connectivity index (χ4v) is 3.43. The van der Waals surface area contributed by atoms with Crippen molar-refractivity contribution < 1.29 is 4.52 Å². The molecule has 2 heterocycles. The molecule has 0 saturated carbocycles. The molecule has 1 fully saturated rings. The minimum absolute atomic E-state index is 0. The van der Waals surface area contributed by atoms with Crippen molar-refractivity contribution in [2.24, 2.45) is 4.99 Å². The van der Waals surface area contributed by atoms with E-state index in [-0.39, 0.29) is 24.0 Å². The van der Waals surface area contributed by atoms with Gasteiger partial charge in [0.25, 0.3) is 0 Å². The molecule has 1 aliphatic rings. The summed E-state index contributed by atoms with van der Waals surface area (Å²) in [7, 11) is 1.76. The van der Waals surface area contributed by atoms with Gasteiger partial charge in [0.15, 0.2) is 5.96 Å². The van der Waals surface area contributed by atoms with Crippen LogP contribution in [0.3, 0.4) is 0 Å². The van der Waals surface area contributed by atoms with Crippen molar-refractivity contribution in [1.29, 1.82) is 0 Å². The van der Waals surface area contributed by atoms with E-state index < -0.39 is 0 Å². The lowest BCUT2D eigenvalue weighted by atomic mass is 10.0. The molecule has 0 atom stereocenters. The maximum Gasteiger partial charge on any atom is 0.246 e. The summed E-state index contributed by atoms with van der Waals surface area (Å²) in [5, 5.41) is 11.4. The number of guanidine groups is 1. The molecule has 29 heavy (non-hydrogen) atoms. The van der Waals surface area contributed by atoms with Crippen LogP contribution in [0.25, 0.3) is 11.4 Å². The zero-order chi connectivity index (χ0) is 19.9. The molecular formula is C20H28ClIN6O. The maximum atomic E-state index is 6.02. The minimum Gasteiger partial charge on any atom is -0.354 e. The molecule has 0 aliphatic carbocycles. The van der Waals surface area contributed by atoms with Crippen LogP contribution in [0.5, 0.6) is 0 Å². The van der Waals surface area contributed by atoms with Gasteiger partial charge in [0.1, 0.15) is 0 Å². The number of nitrogens with zero attached hydrogens (tertiary/aromatic N) is 4. The fourth-order valence-electron chi connectivity index (χ4n) is 3.24. The van der Waals surface area contributed by atoms with Gasteiger partial charge in [0, 0.05) is 43.3 Å². The molecule has 9 heteroatoms. The molecule has 0 bridgehead atoms. The van der Waals surface area contributed by atoms with Crippen molar-refractivity contribution in [3.05, 3.63) is 47.3 Å². The number of hydrogen-bond acceptors (Lipinski definition) is 5. The Bertz CT molecular complexity index is 832. The third kappa shape index (κ3) is 7.27. The molecule has 0 unspecified atom stereocenters. The first kappa shape index (κ1) is 23.6. The quantitative estimate of drug-likeness (QED) is 0.257. The van der Waals surface area contributed by atoms with E-state index in [1.165, 1.54) is 5.57 Å². The van der Waals surface area contributed by atoms with Crippen LogP contribution in [0.4, 0.5) is 0 Å². The maximum absolute atomic E-state index is 6.02. The first-order valence-electron chi connectivity index (χ1n) is 9.46. The van der Waals surface area contributed by atoms with E-state index in [0.29, 0.717) is 29.3 Å². The van der Waals surface area contributed by atoms with Crippen molar-refractivity contribution in [2.45, 2.75) is 32.4 Å². The molecule has 2 aromatic rings. The summed E-state index contributed by atoms with van der Waals surface area (Å²) in [6.07, 6.45) is 2.15. The summed E-state index contributed by atoms with van der Waals surface area (Å²) in [4.78, 5) is 11.2. The highest BCUT2D eigenvalue weighted by Crippen LogP contribution is 2.19. The summed E-state index contributed by atoms with van der Waals surface area (Å²) in [6.45, 7) is 9.58. The summed E-state index contributed by atoms with van der Waals surface area (Å²) in [6, 6.07) is 7.78. The van der Waals surface area contributed by atoms with Gasteiger partial charge in [-0.2, -0.15) is 4.98 Å². The largest absolute Gasteiger partial charge is 0.354 e. The molecule has 7 nitrogen and oxygen atoms in total. The average molecular weight is 531 g/mol. The predicted molar refractivity (Wildman–Crippen MR) is 128 cm³/mol. The number of benzene rings is 1. The number of hydrogen-bond donors (Lipinski definition) is 2. The lowest BCUT2D eigenvalue weighted by Gasteiger charge is -2.33. The Labute approximate surface area is 194 Å². The van der Waals surface area contributed by atoms with Crippen molar-refractivity contribution in [3.63, 3.8) is 0 Å². The molecule has 0 spiro atoms. The molecule has 1 aliphatic heterocycles. The van der Waals surface area contributed by atoms with E-state index in [1.54, 1.807) is 7.05 Å². The summed E-state index contributed by atoms with van der Waals surface area (Å²) in [5.41, 5.74) is 2.03. The van der Waals surface area contributed by atoms with Gasteiger partial charge in [-0.25, -0.2) is 0 Å². The predicted octanol–water partition coefficient (Wildman–Crippen LogP) is 3.71. The van der Waals surface area contributed by atoms with Gasteiger partial charge < -0.3 is 15.2 Å². The standard InChI is InChI=1S/C20H27ClN6O.HI/c1-14(2)13-27-9-7-17(8-10-27)24-20(22-3)23-12-18-25-19(26-28-18)15-5-4-6-16(21)11-15;/h4-6,11,17H,1,7-10,12-13H2,2-3H3,(H2,22,23,24);1H. The Hall–Kier alpha value is -1.65. The van der Waals surface area contributed by atoms with Gasteiger partial charge in [0.2, 0.25) is 11.7 Å². The van der Waals surface area contributed by atoms with Crippen LogP contribution < -0.4 is 10.6 Å². The third-order valence-corrected chi connectivity index (χ3v) is 4.84. The Morgan fingerprint density at radius 1 is 1.38 bits per heavy atom. The van der Waals surface area contributed by atoms with Crippen molar-refractivity contribution in [2.75, 3.05) is 26.7 Å². The van der Waals surface area contributed by atoms with Gasteiger partial charge in [-0.15, -0.1) is 24.0 Å². The second kappa shape index (κ2) is 11.5. The highest BCUT2D eigenvalue weighted by atomic mass is 127. The number of nitrogens with one attached hydrogen (secondary N) is 2. The minimum atomic E-state index is 0. The Balaban J connectivity index is 0.00000300. The lowest BCUT2D eigenvalue weighted by Crippen LogP contribution is -2.48. The van der Waals surface area contributed by atoms with Gasteiger partial charge in [-0.3, -0.25) is 9.89 Å². The van der Waals surface area contributed by atoms with Crippen LogP contribution in [0.1, 0.15) is 25.7 Å². The Morgan fingerprint density at radius 2 is 2.14 bits per heavy atom. The number of aliphatic imine (C=N–C) groups is 1. The summed E-state index contributed by atoms with van der Waals surface area (Å²) in [5.74, 6) is 1.75. The van der Waals surface area contributed by atoms with Crippen molar-refractivity contribution in [1.82, 2.24) is 25.7 Å². The van der Waals surface area contributed by atoms with Crippen molar-refractivity contribution >= 4 is 41.5 Å². The average Bonchev–Trinajstić information content (AvgIpc) is 3.15. The monoisotopic (exact) mass is 530 g/mol. The topological polar surface area (TPSA) is 78.6 Å². The van der Waals surface area contributed by atoms with E-state index in [0.717, 1.165) is 44.0 Å². The van der Waals surface area contributed by atoms with E-state index in [9.17, 15) is 0 Å². The highest BCUT2D eigenvalue weighted by Gasteiger charge is 2.20. The van der Waals surface area contributed by atoms with E-state index in [4.69, 9.17) is 16.1 Å². The van der Waals surface area contributed by atoms with Crippen LogP contribution in [-0.4, -0.2) is 53.7 Å². The zero-order valence-electron chi connectivity index (χ0n) is 16.8. The van der Waals surface area contributed by atoms with Crippen LogP contribution in [0.15, 0.2) is 45.9 Å². The number of halogens is 2. The van der Waals surface area contributed by atoms with Crippen LogP contribution in [-0.2, 0) is 6.54 Å². The van der Waals surface area contributed by atoms with Crippen LogP contribution in [0.2, 0.25) is 5.02 Å². The third-order valence-electron chi connectivity index (χ3n) is 4.60. The number of rotatable bonds is 6. The molecule has 1 aromatic carbocycles. The lowest BCUT2D eigenvalue weighted by molar-refractivity contribution is 0.221. The molecule has 0 amide bonds. The summed E-state index contributed by atoms with van der Waals surface area (Å²) >= 11 is 6.02. The summed E-state index contributed by atoms with van der Waals surface area (Å²) < 4.78 is 5.33. The van der Waals surface area contributed by atoms with Gasteiger partial charge in [0.05, 0.1) is 6.54 Å². The molecule has 0 radical (unpaired) electrons. The second-order valence-electron chi connectivity index (χ2n) is 7.10. The van der Waals surface area contributed by atoms with Crippen molar-refractivity contribution in [3.8, 4) is 11.4 Å². The molecule has 158 valence electrons. The first-order chi connectivity index (χ1) is 13.5. The molecule has 1 saturated heterocycles. The smallest absolute Gasteiger partial charge is 0.246 e. The SMILES string of the molecule is C=C(C)CN1CCC(NC(=NC)NCc2nc(-c3cccc(Cl)c3)no2)CC1.I. The highest BCUT2D eigenvalue weighted by molar-refractivity contribution is 14.0. The van der Waals surface area contributed by atoms with E-state index in [2.05, 4.69) is 44.2 Å². The van der Waals surface area contributed by atoms with Gasteiger partial charge in [-0.1, -0.05) is 41.0 Å². The van der Waals surface area contributed by atoms with Gasteiger partial charge in [-0.05, 0) is 31.9 Å². The number of piperidine rings is 1. The van der Waals surface area contributed by atoms with E-state index in [1.807, 2.05) is 24.3 Å². The normalized spacial score (nSPS) is 15.6. The number of aromatic nitrogens is 2. The molecular weight excluding hydrogens is 503 g/mol. The van der Waals surface area contributed by atoms with E-state index >= 15 is 0 Å².